The van der Waals surface area contributed by atoms with E-state index in [-0.39, 0.29) is 17.6 Å². The minimum absolute atomic E-state index is 0.0794. The zero-order valence-electron chi connectivity index (χ0n) is 15.8. The Kier molecular flexibility index (Phi) is 4.75. The molecule has 0 fully saturated rings. The monoisotopic (exact) mass is 411 g/mol. The van der Waals surface area contributed by atoms with Crippen LogP contribution in [-0.2, 0) is 17.0 Å². The molecule has 0 saturated heterocycles. The van der Waals surface area contributed by atoms with Gasteiger partial charge < -0.3 is 10.5 Å². The first-order chi connectivity index (χ1) is 14.0. The SMILES string of the molecule is COc1cc(-c2cncs2)cc(C2(c3ccnc(CF)c3)N=C(N)N(C)C2=O)c1. The molecule has 2 aromatic heterocycles. The molecular formula is C20H18FN5O2S. The maximum atomic E-state index is 13.4. The average Bonchev–Trinajstić information content (AvgIpc) is 3.37. The van der Waals surface area contributed by atoms with Crippen LogP contribution in [0.25, 0.3) is 10.4 Å². The number of methoxy groups -OCH3 is 1. The lowest BCUT2D eigenvalue weighted by molar-refractivity contribution is -0.129. The third kappa shape index (κ3) is 3.03. The van der Waals surface area contributed by atoms with Gasteiger partial charge in [-0.25, -0.2) is 9.38 Å². The Morgan fingerprint density at radius 3 is 2.72 bits per heavy atom. The van der Waals surface area contributed by atoms with Crippen LogP contribution in [0.4, 0.5) is 4.39 Å². The van der Waals surface area contributed by atoms with Crippen LogP contribution in [0.3, 0.4) is 0 Å². The number of hydrogen-bond acceptors (Lipinski definition) is 7. The number of nitrogens with zero attached hydrogens (tertiary/aromatic N) is 4. The van der Waals surface area contributed by atoms with Crippen LogP contribution in [0.15, 0.2) is 53.2 Å². The molecule has 7 nitrogen and oxygen atoms in total. The molecule has 0 bridgehead atoms. The van der Waals surface area contributed by atoms with Gasteiger partial charge in [-0.15, -0.1) is 11.3 Å². The smallest absolute Gasteiger partial charge is 0.266 e. The summed E-state index contributed by atoms with van der Waals surface area (Å²) in [5.41, 5.74) is 8.38. The molecule has 2 N–H and O–H groups in total. The highest BCUT2D eigenvalue weighted by Gasteiger charge is 2.50. The topological polar surface area (TPSA) is 93.7 Å². The number of carbonyl (C=O) groups excluding carboxylic acids is 1. The Bertz CT molecular complexity index is 1100. The number of amides is 1. The van der Waals surface area contributed by atoms with Gasteiger partial charge in [0.15, 0.2) is 11.5 Å². The zero-order valence-corrected chi connectivity index (χ0v) is 16.6. The van der Waals surface area contributed by atoms with E-state index in [4.69, 9.17) is 10.5 Å². The van der Waals surface area contributed by atoms with Crippen LogP contribution in [0, 0.1) is 0 Å². The molecule has 1 aromatic carbocycles. The fourth-order valence-corrected chi connectivity index (χ4v) is 4.00. The van der Waals surface area contributed by atoms with E-state index in [1.807, 2.05) is 12.1 Å². The maximum Gasteiger partial charge on any atom is 0.266 e. The van der Waals surface area contributed by atoms with Crippen LogP contribution in [0.5, 0.6) is 5.75 Å². The molecule has 0 radical (unpaired) electrons. The molecule has 0 spiro atoms. The van der Waals surface area contributed by atoms with E-state index in [2.05, 4.69) is 15.0 Å². The van der Waals surface area contributed by atoms with Gasteiger partial charge in [-0.05, 0) is 47.0 Å². The molecule has 1 atom stereocenters. The lowest BCUT2D eigenvalue weighted by atomic mass is 9.82. The number of halogens is 1. The van der Waals surface area contributed by atoms with Gasteiger partial charge in [0.2, 0.25) is 0 Å². The molecule has 3 aromatic rings. The summed E-state index contributed by atoms with van der Waals surface area (Å²) in [6.07, 6.45) is 3.21. The minimum atomic E-state index is -1.46. The Morgan fingerprint density at radius 2 is 2.10 bits per heavy atom. The predicted octanol–water partition coefficient (Wildman–Crippen LogP) is 2.71. The molecule has 0 aliphatic carbocycles. The van der Waals surface area contributed by atoms with Gasteiger partial charge in [-0.3, -0.25) is 19.7 Å². The minimum Gasteiger partial charge on any atom is -0.497 e. The molecular weight excluding hydrogens is 393 g/mol. The third-order valence-corrected chi connectivity index (χ3v) is 5.71. The maximum absolute atomic E-state index is 13.4. The van der Waals surface area contributed by atoms with E-state index < -0.39 is 12.2 Å². The molecule has 1 aliphatic rings. The van der Waals surface area contributed by atoms with Crippen molar-refractivity contribution in [1.29, 1.82) is 0 Å². The van der Waals surface area contributed by atoms with Gasteiger partial charge in [0.05, 0.1) is 23.2 Å². The van der Waals surface area contributed by atoms with Crippen molar-refractivity contribution >= 4 is 23.2 Å². The lowest BCUT2D eigenvalue weighted by Gasteiger charge is -2.27. The molecule has 1 amide bonds. The Morgan fingerprint density at radius 1 is 1.28 bits per heavy atom. The number of thiazole rings is 1. The van der Waals surface area contributed by atoms with Crippen molar-refractivity contribution < 1.29 is 13.9 Å². The lowest BCUT2D eigenvalue weighted by Crippen LogP contribution is -2.41. The van der Waals surface area contributed by atoms with Crippen molar-refractivity contribution in [3.8, 4) is 16.2 Å². The summed E-state index contributed by atoms with van der Waals surface area (Å²) < 4.78 is 18.8. The summed E-state index contributed by atoms with van der Waals surface area (Å²) in [6, 6.07) is 8.66. The third-order valence-electron chi connectivity index (χ3n) is 4.89. The first-order valence-electron chi connectivity index (χ1n) is 8.73. The Labute approximate surface area is 170 Å². The number of alkyl halides is 1. The second-order valence-corrected chi connectivity index (χ2v) is 7.42. The summed E-state index contributed by atoms with van der Waals surface area (Å²) in [6.45, 7) is -0.753. The molecule has 29 heavy (non-hydrogen) atoms. The number of nitrogens with two attached hydrogens (primary N) is 1. The largest absolute Gasteiger partial charge is 0.497 e. The number of aromatic nitrogens is 2. The van der Waals surface area contributed by atoms with Crippen molar-refractivity contribution in [2.24, 2.45) is 10.7 Å². The average molecular weight is 411 g/mol. The number of likely N-dealkylation sites (N-methyl/N-ethyl adjacent to an activating group) is 1. The van der Waals surface area contributed by atoms with E-state index in [1.165, 1.54) is 22.4 Å². The summed E-state index contributed by atoms with van der Waals surface area (Å²) in [4.78, 5) is 28.3. The van der Waals surface area contributed by atoms with Gasteiger partial charge in [0, 0.05) is 19.4 Å². The summed E-state index contributed by atoms with van der Waals surface area (Å²) in [5.74, 6) is 0.298. The number of carbonyl (C=O) groups is 1. The Balaban J connectivity index is 2.01. The predicted molar refractivity (Wildman–Crippen MR) is 108 cm³/mol. The Hall–Kier alpha value is -3.33. The van der Waals surface area contributed by atoms with Gasteiger partial charge >= 0.3 is 0 Å². The van der Waals surface area contributed by atoms with Crippen LogP contribution >= 0.6 is 11.3 Å². The standard InChI is InChI=1S/C20H18FN5O2S/c1-26-18(27)20(25-19(26)22,13-3-4-24-15(7-13)9-21)14-5-12(6-16(8-14)28-2)17-10-23-11-29-17/h3-8,10-11H,9H2,1-2H3,(H2,22,25). The van der Waals surface area contributed by atoms with Crippen molar-refractivity contribution in [1.82, 2.24) is 14.9 Å². The zero-order chi connectivity index (χ0) is 20.6. The first-order valence-corrected chi connectivity index (χ1v) is 9.61. The van der Waals surface area contributed by atoms with Gasteiger partial charge in [-0.1, -0.05) is 0 Å². The molecule has 3 heterocycles. The van der Waals surface area contributed by atoms with E-state index in [1.54, 1.807) is 44.1 Å². The van der Waals surface area contributed by atoms with E-state index >= 15 is 0 Å². The highest BCUT2D eigenvalue weighted by Crippen LogP contribution is 2.42. The second kappa shape index (κ2) is 7.25. The van der Waals surface area contributed by atoms with E-state index in [0.717, 1.165) is 10.4 Å². The molecule has 1 unspecified atom stereocenters. The summed E-state index contributed by atoms with van der Waals surface area (Å²) in [5, 5.41) is 0. The van der Waals surface area contributed by atoms with E-state index in [0.29, 0.717) is 16.9 Å². The number of rotatable bonds is 5. The van der Waals surface area contributed by atoms with Crippen LogP contribution in [0.2, 0.25) is 0 Å². The van der Waals surface area contributed by atoms with Gasteiger partial charge in [0.25, 0.3) is 5.91 Å². The molecule has 1 aliphatic heterocycles. The fourth-order valence-electron chi connectivity index (χ4n) is 3.39. The quantitative estimate of drug-likeness (QED) is 0.697. The normalized spacial score (nSPS) is 18.8. The van der Waals surface area contributed by atoms with Crippen LogP contribution < -0.4 is 10.5 Å². The van der Waals surface area contributed by atoms with Crippen LogP contribution in [-0.4, -0.2) is 40.9 Å². The fraction of sp³-hybridized carbons (Fsp3) is 0.200. The van der Waals surface area contributed by atoms with Crippen molar-refractivity contribution in [2.45, 2.75) is 12.2 Å². The first kappa shape index (κ1) is 19.0. The van der Waals surface area contributed by atoms with Crippen LogP contribution in [0.1, 0.15) is 16.8 Å². The van der Waals surface area contributed by atoms with Gasteiger partial charge in [-0.2, -0.15) is 0 Å². The number of aliphatic imine (C=N–C) groups is 1. The summed E-state index contributed by atoms with van der Waals surface area (Å²) >= 11 is 1.47. The van der Waals surface area contributed by atoms with Gasteiger partial charge in [0.1, 0.15) is 12.4 Å². The molecule has 9 heteroatoms. The molecule has 4 rings (SSSR count). The highest BCUT2D eigenvalue weighted by molar-refractivity contribution is 7.13. The van der Waals surface area contributed by atoms with Crippen molar-refractivity contribution in [3.63, 3.8) is 0 Å². The van der Waals surface area contributed by atoms with E-state index in [9.17, 15) is 9.18 Å². The number of benzene rings is 1. The summed E-state index contributed by atoms with van der Waals surface area (Å²) in [7, 11) is 3.11. The molecule has 148 valence electrons. The number of pyridine rings is 1. The molecule has 0 saturated carbocycles. The number of hydrogen-bond donors (Lipinski definition) is 1. The number of guanidine groups is 1. The van der Waals surface area contributed by atoms with Crippen molar-refractivity contribution in [3.05, 3.63) is 65.1 Å². The second-order valence-electron chi connectivity index (χ2n) is 6.53. The highest BCUT2D eigenvalue weighted by atomic mass is 32.1. The van der Waals surface area contributed by atoms with Crippen molar-refractivity contribution in [2.75, 3.05) is 14.2 Å². The number of ether oxygens (including phenoxy) is 1.